The number of allylic oxidation sites excluding steroid dienone is 2. The van der Waals surface area contributed by atoms with E-state index in [-0.39, 0.29) is 0 Å². The van der Waals surface area contributed by atoms with E-state index in [1.807, 2.05) is 0 Å². The molecular weight excluding hydrogens is 110 g/mol. The van der Waals surface area contributed by atoms with Crippen molar-refractivity contribution in [3.63, 3.8) is 0 Å². The Balaban J connectivity index is 2.48. The molecule has 1 aliphatic rings. The van der Waals surface area contributed by atoms with Gasteiger partial charge in [-0.3, -0.25) is 0 Å². The summed E-state index contributed by atoms with van der Waals surface area (Å²) in [6.07, 6.45) is 6.53. The van der Waals surface area contributed by atoms with Crippen LogP contribution in [0.4, 0.5) is 0 Å². The molecule has 1 heterocycles. The topological polar surface area (TPSA) is 3.24 Å². The summed E-state index contributed by atoms with van der Waals surface area (Å²) in [5.74, 6) is 0. The molecule has 0 aromatic carbocycles. The fourth-order valence-corrected chi connectivity index (χ4v) is 0.848. The van der Waals surface area contributed by atoms with Crippen LogP contribution in [0.5, 0.6) is 0 Å². The van der Waals surface area contributed by atoms with Crippen molar-refractivity contribution in [3.8, 4) is 0 Å². The van der Waals surface area contributed by atoms with Crippen LogP contribution < -0.4 is 0 Å². The average Bonchev–Trinajstić information content (AvgIpc) is 1.90. The lowest BCUT2D eigenvalue weighted by atomic mass is 10.2. The highest BCUT2D eigenvalue weighted by Gasteiger charge is 1.96. The van der Waals surface area contributed by atoms with Crippen molar-refractivity contribution in [2.45, 2.75) is 13.8 Å². The van der Waals surface area contributed by atoms with Crippen LogP contribution in [0.15, 0.2) is 23.9 Å². The third kappa shape index (κ3) is 1.60. The van der Waals surface area contributed by atoms with Crippen LogP contribution in [0, 0.1) is 0 Å². The molecule has 0 N–H and O–H groups in total. The predicted octanol–water partition coefficient (Wildman–Crippen LogP) is 1.78. The van der Waals surface area contributed by atoms with Crippen LogP contribution >= 0.6 is 0 Å². The van der Waals surface area contributed by atoms with E-state index in [0.717, 1.165) is 13.1 Å². The second-order valence-electron chi connectivity index (χ2n) is 2.35. The SMILES string of the molecule is CCN1C=CC(C)=CC1. The van der Waals surface area contributed by atoms with E-state index in [1.54, 1.807) is 0 Å². The number of likely N-dealkylation sites (N-methyl/N-ethyl adjacent to an activating group) is 1. The lowest BCUT2D eigenvalue weighted by Crippen LogP contribution is -2.18. The third-order valence-electron chi connectivity index (χ3n) is 1.60. The molecular formula is C8H13N. The maximum Gasteiger partial charge on any atom is 0.0359 e. The Morgan fingerprint density at radius 1 is 1.67 bits per heavy atom. The minimum Gasteiger partial charge on any atom is -0.374 e. The first kappa shape index (κ1) is 6.40. The Labute approximate surface area is 56.7 Å². The van der Waals surface area contributed by atoms with E-state index >= 15 is 0 Å². The van der Waals surface area contributed by atoms with E-state index in [9.17, 15) is 0 Å². The molecule has 0 radical (unpaired) electrons. The maximum absolute atomic E-state index is 2.27. The molecule has 0 aromatic heterocycles. The monoisotopic (exact) mass is 123 g/mol. The molecule has 1 nitrogen and oxygen atoms in total. The Bertz CT molecular complexity index is 145. The molecule has 0 aliphatic carbocycles. The zero-order chi connectivity index (χ0) is 6.69. The normalized spacial score (nSPS) is 18.0. The van der Waals surface area contributed by atoms with E-state index < -0.39 is 0 Å². The molecule has 9 heavy (non-hydrogen) atoms. The lowest BCUT2D eigenvalue weighted by Gasteiger charge is -2.19. The van der Waals surface area contributed by atoms with Gasteiger partial charge in [0.25, 0.3) is 0 Å². The maximum atomic E-state index is 2.27. The third-order valence-corrected chi connectivity index (χ3v) is 1.60. The molecule has 0 fully saturated rings. The molecule has 50 valence electrons. The van der Waals surface area contributed by atoms with Crippen molar-refractivity contribution >= 4 is 0 Å². The van der Waals surface area contributed by atoms with E-state index in [2.05, 4.69) is 37.1 Å². The fraction of sp³-hybridized carbons (Fsp3) is 0.500. The van der Waals surface area contributed by atoms with Gasteiger partial charge in [0.05, 0.1) is 0 Å². The lowest BCUT2D eigenvalue weighted by molar-refractivity contribution is 0.434. The molecule has 0 amide bonds. The van der Waals surface area contributed by atoms with Crippen molar-refractivity contribution in [2.24, 2.45) is 0 Å². The van der Waals surface area contributed by atoms with Gasteiger partial charge in [-0.05, 0) is 26.1 Å². The molecule has 0 aromatic rings. The second-order valence-corrected chi connectivity index (χ2v) is 2.35. The molecule has 0 atom stereocenters. The number of hydrogen-bond acceptors (Lipinski definition) is 1. The highest BCUT2D eigenvalue weighted by molar-refractivity contribution is 5.19. The summed E-state index contributed by atoms with van der Waals surface area (Å²) in [5.41, 5.74) is 1.37. The van der Waals surface area contributed by atoms with Gasteiger partial charge in [-0.25, -0.2) is 0 Å². The summed E-state index contributed by atoms with van der Waals surface area (Å²) in [6.45, 7) is 6.49. The first-order valence-corrected chi connectivity index (χ1v) is 3.42. The zero-order valence-corrected chi connectivity index (χ0v) is 6.09. The molecule has 1 aliphatic heterocycles. The van der Waals surface area contributed by atoms with Crippen LogP contribution in [-0.2, 0) is 0 Å². The molecule has 1 rings (SSSR count). The van der Waals surface area contributed by atoms with Crippen molar-refractivity contribution in [1.29, 1.82) is 0 Å². The van der Waals surface area contributed by atoms with Crippen molar-refractivity contribution in [2.75, 3.05) is 13.1 Å². The molecule has 1 heteroatoms. The highest BCUT2D eigenvalue weighted by Crippen LogP contribution is 2.04. The summed E-state index contributed by atoms with van der Waals surface area (Å²) in [5, 5.41) is 0. The van der Waals surface area contributed by atoms with Crippen LogP contribution in [-0.4, -0.2) is 18.0 Å². The van der Waals surface area contributed by atoms with Gasteiger partial charge >= 0.3 is 0 Å². The van der Waals surface area contributed by atoms with Crippen molar-refractivity contribution in [1.82, 2.24) is 4.90 Å². The first-order valence-electron chi connectivity index (χ1n) is 3.42. The van der Waals surface area contributed by atoms with Gasteiger partial charge in [-0.2, -0.15) is 0 Å². The Morgan fingerprint density at radius 3 is 2.89 bits per heavy atom. The summed E-state index contributed by atoms with van der Waals surface area (Å²) < 4.78 is 0. The quantitative estimate of drug-likeness (QED) is 0.513. The van der Waals surface area contributed by atoms with E-state index in [1.165, 1.54) is 5.57 Å². The standard InChI is InChI=1S/C8H13N/c1-3-9-6-4-8(2)5-7-9/h4-6H,3,7H2,1-2H3. The van der Waals surface area contributed by atoms with Gasteiger partial charge in [0.1, 0.15) is 0 Å². The summed E-state index contributed by atoms with van der Waals surface area (Å²) >= 11 is 0. The molecule has 0 saturated carbocycles. The minimum absolute atomic E-state index is 1.08. The molecule has 0 unspecified atom stereocenters. The Hall–Kier alpha value is -0.720. The second kappa shape index (κ2) is 2.72. The summed E-state index contributed by atoms with van der Waals surface area (Å²) in [6, 6.07) is 0. The zero-order valence-electron chi connectivity index (χ0n) is 6.09. The van der Waals surface area contributed by atoms with Crippen molar-refractivity contribution < 1.29 is 0 Å². The first-order chi connectivity index (χ1) is 4.33. The number of rotatable bonds is 1. The molecule has 0 bridgehead atoms. The smallest absolute Gasteiger partial charge is 0.0359 e. The summed E-state index contributed by atoms with van der Waals surface area (Å²) in [7, 11) is 0. The predicted molar refractivity (Wildman–Crippen MR) is 40.1 cm³/mol. The van der Waals surface area contributed by atoms with Gasteiger partial charge in [0.2, 0.25) is 0 Å². The van der Waals surface area contributed by atoms with E-state index in [4.69, 9.17) is 0 Å². The molecule has 0 spiro atoms. The van der Waals surface area contributed by atoms with Crippen LogP contribution in [0.3, 0.4) is 0 Å². The van der Waals surface area contributed by atoms with Gasteiger partial charge < -0.3 is 4.90 Å². The Kier molecular flexibility index (Phi) is 1.93. The van der Waals surface area contributed by atoms with Crippen LogP contribution in [0.25, 0.3) is 0 Å². The molecule has 0 saturated heterocycles. The number of nitrogens with zero attached hydrogens (tertiary/aromatic N) is 1. The van der Waals surface area contributed by atoms with Crippen molar-refractivity contribution in [3.05, 3.63) is 23.9 Å². The van der Waals surface area contributed by atoms with Gasteiger partial charge in [0.15, 0.2) is 0 Å². The fourth-order valence-electron chi connectivity index (χ4n) is 0.848. The van der Waals surface area contributed by atoms with E-state index in [0.29, 0.717) is 0 Å². The summed E-state index contributed by atoms with van der Waals surface area (Å²) in [4.78, 5) is 2.27. The van der Waals surface area contributed by atoms with Gasteiger partial charge in [-0.1, -0.05) is 11.6 Å². The largest absolute Gasteiger partial charge is 0.374 e. The minimum atomic E-state index is 1.08. The van der Waals surface area contributed by atoms with Crippen LogP contribution in [0.1, 0.15) is 13.8 Å². The number of hydrogen-bond donors (Lipinski definition) is 0. The highest BCUT2D eigenvalue weighted by atomic mass is 15.1. The van der Waals surface area contributed by atoms with Gasteiger partial charge in [0, 0.05) is 13.1 Å². The average molecular weight is 123 g/mol. The Morgan fingerprint density at radius 2 is 2.44 bits per heavy atom. The van der Waals surface area contributed by atoms with Crippen LogP contribution in [0.2, 0.25) is 0 Å². The van der Waals surface area contributed by atoms with Gasteiger partial charge in [-0.15, -0.1) is 0 Å².